The number of ether oxygens (including phenoxy) is 5. The molecule has 0 aromatic heterocycles. The number of unbranched alkanes of at least 4 members (excludes halogenated alkanes) is 4. The molecule has 0 aliphatic carbocycles. The molecule has 0 heterocycles. The maximum absolute atomic E-state index is 12.7. The molecule has 0 unspecified atom stereocenters. The van der Waals surface area contributed by atoms with Crippen LogP contribution in [0, 0.1) is 5.41 Å². The maximum Gasteiger partial charge on any atom is 0.343 e. The molecule has 3 rings (SSSR count). The Labute approximate surface area is 251 Å². The summed E-state index contributed by atoms with van der Waals surface area (Å²) in [5.74, 6) is 0.109. The number of rotatable bonds is 18. The van der Waals surface area contributed by atoms with E-state index in [9.17, 15) is 14.4 Å². The van der Waals surface area contributed by atoms with Crippen LogP contribution in [0.2, 0.25) is 0 Å². The number of hydrogen-bond acceptors (Lipinski definition) is 9. The first-order valence-corrected chi connectivity index (χ1v) is 14.3. The minimum Gasteiger partial charge on any atom is -0.494 e. The number of benzene rings is 3. The van der Waals surface area contributed by atoms with Gasteiger partial charge in [-0.1, -0.05) is 19.9 Å². The summed E-state index contributed by atoms with van der Waals surface area (Å²) in [5.41, 5.74) is 0.943. The highest BCUT2D eigenvalue weighted by atomic mass is 16.5. The summed E-state index contributed by atoms with van der Waals surface area (Å²) in [5, 5.41) is 7.74. The van der Waals surface area contributed by atoms with E-state index >= 15 is 0 Å². The average Bonchev–Trinajstić information content (AvgIpc) is 3.03. The zero-order valence-corrected chi connectivity index (χ0v) is 24.3. The van der Waals surface area contributed by atoms with Gasteiger partial charge in [-0.05, 0) is 98.8 Å². The van der Waals surface area contributed by atoms with E-state index in [4.69, 9.17) is 29.1 Å². The van der Waals surface area contributed by atoms with Crippen molar-refractivity contribution < 1.29 is 38.1 Å². The molecule has 0 aliphatic heterocycles. The van der Waals surface area contributed by atoms with Crippen LogP contribution < -0.4 is 18.9 Å². The Bertz CT molecular complexity index is 1370. The first-order valence-electron chi connectivity index (χ1n) is 14.3. The molecule has 0 saturated heterocycles. The number of carbonyl (C=O) groups excluding carboxylic acids is 3. The first kappa shape index (κ1) is 32.6. The van der Waals surface area contributed by atoms with E-state index in [1.807, 2.05) is 0 Å². The lowest BCUT2D eigenvalue weighted by Crippen LogP contribution is -2.11. The van der Waals surface area contributed by atoms with E-state index in [0.717, 1.165) is 50.8 Å². The van der Waals surface area contributed by atoms with E-state index in [1.54, 1.807) is 48.5 Å². The Morgan fingerprint density at radius 1 is 0.698 bits per heavy atom. The van der Waals surface area contributed by atoms with Crippen molar-refractivity contribution in [1.82, 2.24) is 0 Å². The van der Waals surface area contributed by atoms with Gasteiger partial charge in [0, 0.05) is 17.9 Å². The van der Waals surface area contributed by atoms with Gasteiger partial charge in [-0.25, -0.2) is 14.4 Å². The number of esters is 3. The second-order valence-corrected chi connectivity index (χ2v) is 9.51. The fraction of sp³-hybridized carbons (Fsp3) is 0.294. The van der Waals surface area contributed by atoms with E-state index in [2.05, 4.69) is 13.5 Å². The number of nitrogens with one attached hydrogen (secondary N) is 1. The van der Waals surface area contributed by atoms with Gasteiger partial charge in [-0.2, -0.15) is 0 Å². The summed E-state index contributed by atoms with van der Waals surface area (Å²) < 4.78 is 27.2. The zero-order chi connectivity index (χ0) is 30.9. The van der Waals surface area contributed by atoms with E-state index in [1.165, 1.54) is 18.2 Å². The average molecular weight is 588 g/mol. The standard InChI is InChI=1S/C34H37NO8/c1-3-5-20-39-28-14-10-25(11-15-28)33(37)42-30-18-19-31(27(23-30)24-35)43-34(38)26-12-16-29(17-13-26)40-21-8-6-7-9-22-41-32(36)4-2/h4,10-19,23-24,35H,2-3,5-9,20-22H2,1H3. The fourth-order valence-corrected chi connectivity index (χ4v) is 3.81. The van der Waals surface area contributed by atoms with Crippen LogP contribution in [0.1, 0.15) is 71.7 Å². The highest BCUT2D eigenvalue weighted by molar-refractivity contribution is 5.94. The lowest BCUT2D eigenvalue weighted by molar-refractivity contribution is -0.137. The molecule has 43 heavy (non-hydrogen) atoms. The Morgan fingerprint density at radius 2 is 1.23 bits per heavy atom. The highest BCUT2D eigenvalue weighted by Gasteiger charge is 2.15. The highest BCUT2D eigenvalue weighted by Crippen LogP contribution is 2.25. The zero-order valence-electron chi connectivity index (χ0n) is 24.3. The Kier molecular flexibility index (Phi) is 13.5. The van der Waals surface area contributed by atoms with Crippen LogP contribution in [0.5, 0.6) is 23.0 Å². The fourth-order valence-electron chi connectivity index (χ4n) is 3.81. The Hall–Kier alpha value is -4.92. The quantitative estimate of drug-likeness (QED) is 0.0557. The van der Waals surface area contributed by atoms with Gasteiger partial charge in [-0.15, -0.1) is 0 Å². The topological polar surface area (TPSA) is 121 Å². The van der Waals surface area contributed by atoms with E-state index < -0.39 is 17.9 Å². The molecule has 3 aromatic carbocycles. The van der Waals surface area contributed by atoms with Crippen LogP contribution in [-0.4, -0.2) is 43.9 Å². The van der Waals surface area contributed by atoms with Gasteiger partial charge in [0.15, 0.2) is 0 Å². The summed E-state index contributed by atoms with van der Waals surface area (Å²) >= 11 is 0. The Balaban J connectivity index is 1.46. The molecule has 0 saturated carbocycles. The molecule has 1 N–H and O–H groups in total. The SMILES string of the molecule is C=CC(=O)OCCCCCCOc1ccc(C(=O)Oc2ccc(OC(=O)c3ccc(OCCCC)cc3)cc2C=N)cc1. The molecular formula is C34H37NO8. The van der Waals surface area contributed by atoms with Crippen LogP contribution in [0.25, 0.3) is 0 Å². The number of carbonyl (C=O) groups is 3. The van der Waals surface area contributed by atoms with Gasteiger partial charge in [0.2, 0.25) is 0 Å². The third-order valence-electron chi connectivity index (χ3n) is 6.22. The second kappa shape index (κ2) is 17.8. The summed E-state index contributed by atoms with van der Waals surface area (Å²) in [6, 6.07) is 17.7. The largest absolute Gasteiger partial charge is 0.494 e. The van der Waals surface area contributed by atoms with Crippen LogP contribution in [0.3, 0.4) is 0 Å². The van der Waals surface area contributed by atoms with Gasteiger partial charge in [0.1, 0.15) is 23.0 Å². The van der Waals surface area contributed by atoms with Crippen molar-refractivity contribution in [2.24, 2.45) is 0 Å². The Morgan fingerprint density at radius 3 is 1.79 bits per heavy atom. The predicted molar refractivity (Wildman–Crippen MR) is 163 cm³/mol. The van der Waals surface area contributed by atoms with Crippen LogP contribution in [0.4, 0.5) is 0 Å². The lowest BCUT2D eigenvalue weighted by atomic mass is 10.2. The van der Waals surface area contributed by atoms with Crippen LogP contribution >= 0.6 is 0 Å². The van der Waals surface area contributed by atoms with Crippen LogP contribution in [-0.2, 0) is 9.53 Å². The van der Waals surface area contributed by atoms with Crippen molar-refractivity contribution in [2.75, 3.05) is 19.8 Å². The summed E-state index contributed by atoms with van der Waals surface area (Å²) in [7, 11) is 0. The maximum atomic E-state index is 12.7. The van der Waals surface area contributed by atoms with Crippen LogP contribution in [0.15, 0.2) is 79.4 Å². The molecule has 0 fully saturated rings. The van der Waals surface area contributed by atoms with E-state index in [-0.39, 0.29) is 17.1 Å². The van der Waals surface area contributed by atoms with Crippen molar-refractivity contribution in [3.63, 3.8) is 0 Å². The minimum absolute atomic E-state index is 0.160. The van der Waals surface area contributed by atoms with Crippen molar-refractivity contribution in [3.8, 4) is 23.0 Å². The molecular weight excluding hydrogens is 550 g/mol. The first-order chi connectivity index (χ1) is 20.9. The third-order valence-corrected chi connectivity index (χ3v) is 6.22. The molecule has 0 spiro atoms. The lowest BCUT2D eigenvalue weighted by Gasteiger charge is -2.11. The molecule has 0 bridgehead atoms. The number of hydrogen-bond donors (Lipinski definition) is 1. The van der Waals surface area contributed by atoms with Gasteiger partial charge in [-0.3, -0.25) is 0 Å². The van der Waals surface area contributed by atoms with Crippen molar-refractivity contribution in [1.29, 1.82) is 5.41 Å². The van der Waals surface area contributed by atoms with Crippen molar-refractivity contribution in [2.45, 2.75) is 45.4 Å². The van der Waals surface area contributed by atoms with Gasteiger partial charge >= 0.3 is 17.9 Å². The molecule has 226 valence electrons. The van der Waals surface area contributed by atoms with Crippen molar-refractivity contribution in [3.05, 3.63) is 96.1 Å². The summed E-state index contributed by atoms with van der Waals surface area (Å²) in [4.78, 5) is 36.3. The smallest absolute Gasteiger partial charge is 0.343 e. The van der Waals surface area contributed by atoms with Crippen molar-refractivity contribution >= 4 is 24.1 Å². The summed E-state index contributed by atoms with van der Waals surface area (Å²) in [6.45, 7) is 6.96. The summed E-state index contributed by atoms with van der Waals surface area (Å²) in [6.07, 6.45) is 7.64. The minimum atomic E-state index is -0.599. The molecule has 9 heteroatoms. The molecule has 0 atom stereocenters. The molecule has 0 aliphatic rings. The van der Waals surface area contributed by atoms with Gasteiger partial charge < -0.3 is 29.1 Å². The van der Waals surface area contributed by atoms with E-state index in [0.29, 0.717) is 42.4 Å². The molecule has 3 aromatic rings. The third kappa shape index (κ3) is 11.1. The van der Waals surface area contributed by atoms with Gasteiger partial charge in [0.05, 0.1) is 30.9 Å². The second-order valence-electron chi connectivity index (χ2n) is 9.51. The molecule has 9 nitrogen and oxygen atoms in total. The molecule has 0 radical (unpaired) electrons. The normalized spacial score (nSPS) is 10.3. The predicted octanol–water partition coefficient (Wildman–Crippen LogP) is 6.97. The monoisotopic (exact) mass is 587 g/mol. The molecule has 0 amide bonds. The van der Waals surface area contributed by atoms with Gasteiger partial charge in [0.25, 0.3) is 0 Å².